The van der Waals surface area contributed by atoms with Gasteiger partial charge in [0.1, 0.15) is 5.69 Å². The van der Waals surface area contributed by atoms with Crippen molar-refractivity contribution in [3.63, 3.8) is 0 Å². The van der Waals surface area contributed by atoms with Gasteiger partial charge in [-0.15, -0.1) is 0 Å². The van der Waals surface area contributed by atoms with Crippen LogP contribution in [-0.2, 0) is 11.3 Å². The molecular weight excluding hydrogens is 392 g/mol. The molecule has 29 heavy (non-hydrogen) atoms. The van der Waals surface area contributed by atoms with Crippen molar-refractivity contribution >= 4 is 17.0 Å². The monoisotopic (exact) mass is 418 g/mol. The molecule has 1 unspecified atom stereocenters. The fourth-order valence-electron chi connectivity index (χ4n) is 3.42. The summed E-state index contributed by atoms with van der Waals surface area (Å²) in [4.78, 5) is 15.3. The molecule has 8 nitrogen and oxygen atoms in total. The zero-order valence-corrected chi connectivity index (χ0v) is 17.5. The number of hydrogen-bond donors (Lipinski definition) is 1. The summed E-state index contributed by atoms with van der Waals surface area (Å²) in [6.45, 7) is 6.53. The molecule has 0 spiro atoms. The van der Waals surface area contributed by atoms with Crippen LogP contribution in [0.25, 0.3) is 5.69 Å². The van der Waals surface area contributed by atoms with Crippen LogP contribution >= 0.6 is 0 Å². The van der Waals surface area contributed by atoms with E-state index in [0.717, 1.165) is 18.4 Å². The van der Waals surface area contributed by atoms with E-state index in [1.54, 1.807) is 6.20 Å². The van der Waals surface area contributed by atoms with Crippen molar-refractivity contribution in [2.75, 3.05) is 37.7 Å². The predicted octanol–water partition coefficient (Wildman–Crippen LogP) is 1.98. The van der Waals surface area contributed by atoms with Gasteiger partial charge in [-0.1, -0.05) is 19.1 Å². The van der Waals surface area contributed by atoms with Gasteiger partial charge in [0, 0.05) is 31.6 Å². The van der Waals surface area contributed by atoms with Crippen molar-refractivity contribution in [1.29, 1.82) is 0 Å². The molecule has 1 aliphatic carbocycles. The maximum absolute atomic E-state index is 13.3. The Labute approximate surface area is 172 Å². The van der Waals surface area contributed by atoms with Crippen molar-refractivity contribution in [1.82, 2.24) is 14.1 Å². The standard InChI is InChI=1S/C20H26N4O4S/c1-15-4-3-5-16(12-15)24-19(25)18(28-14-20(2)6-7-20)17(13-21-24)22-8-10-23(11-9-22)29(26)27/h3-5,12-13H,6-11,14H2,1-2H3,(H,26,27). The summed E-state index contributed by atoms with van der Waals surface area (Å²) in [6.07, 6.45) is 3.86. The minimum Gasteiger partial charge on any atom is -0.486 e. The first-order chi connectivity index (χ1) is 13.9. The van der Waals surface area contributed by atoms with Crippen LogP contribution in [0.2, 0.25) is 0 Å². The lowest BCUT2D eigenvalue weighted by molar-refractivity contribution is 0.242. The second-order valence-electron chi connectivity index (χ2n) is 8.16. The molecule has 2 aromatic rings. The summed E-state index contributed by atoms with van der Waals surface area (Å²) >= 11 is -1.98. The SMILES string of the molecule is Cc1cccc(-n2ncc(N3CCN(S(=O)O)CC3)c(OCC3(C)CC3)c2=O)c1. The summed E-state index contributed by atoms with van der Waals surface area (Å²) in [7, 11) is 0. The lowest BCUT2D eigenvalue weighted by Gasteiger charge is -2.34. The molecule has 1 N–H and O–H groups in total. The number of hydrogen-bond acceptors (Lipinski definition) is 5. The maximum Gasteiger partial charge on any atom is 0.316 e. The fourth-order valence-corrected chi connectivity index (χ4v) is 3.90. The molecule has 1 aromatic heterocycles. The number of ether oxygens (including phenoxy) is 1. The number of anilines is 1. The lowest BCUT2D eigenvalue weighted by Crippen LogP contribution is -2.47. The Morgan fingerprint density at radius 3 is 2.59 bits per heavy atom. The second-order valence-corrected chi connectivity index (χ2v) is 9.14. The highest BCUT2D eigenvalue weighted by Gasteiger charge is 2.39. The zero-order valence-electron chi connectivity index (χ0n) is 16.7. The van der Waals surface area contributed by atoms with E-state index in [0.29, 0.717) is 49.9 Å². The second kappa shape index (κ2) is 7.89. The van der Waals surface area contributed by atoms with E-state index in [9.17, 15) is 13.6 Å². The van der Waals surface area contributed by atoms with E-state index in [4.69, 9.17) is 4.74 Å². The van der Waals surface area contributed by atoms with E-state index in [-0.39, 0.29) is 11.0 Å². The summed E-state index contributed by atoms with van der Waals surface area (Å²) in [5.74, 6) is 0.299. The fraction of sp³-hybridized carbons (Fsp3) is 0.500. The number of nitrogens with zero attached hydrogens (tertiary/aromatic N) is 4. The van der Waals surface area contributed by atoms with Crippen LogP contribution in [-0.4, -0.2) is 55.6 Å². The Hall–Kier alpha value is -2.23. The predicted molar refractivity (Wildman–Crippen MR) is 112 cm³/mol. The first-order valence-electron chi connectivity index (χ1n) is 9.79. The molecule has 0 radical (unpaired) electrons. The van der Waals surface area contributed by atoms with Crippen molar-refractivity contribution in [3.05, 3.63) is 46.4 Å². The largest absolute Gasteiger partial charge is 0.486 e. The number of benzene rings is 1. The van der Waals surface area contributed by atoms with Gasteiger partial charge in [0.15, 0.2) is 0 Å². The topological polar surface area (TPSA) is 87.9 Å². The van der Waals surface area contributed by atoms with E-state index in [2.05, 4.69) is 12.0 Å². The number of aromatic nitrogens is 2. The zero-order chi connectivity index (χ0) is 20.6. The molecule has 1 saturated carbocycles. The summed E-state index contributed by atoms with van der Waals surface area (Å²) < 4.78 is 29.5. The van der Waals surface area contributed by atoms with Gasteiger partial charge < -0.3 is 9.64 Å². The lowest BCUT2D eigenvalue weighted by atomic mass is 10.2. The van der Waals surface area contributed by atoms with Gasteiger partial charge >= 0.3 is 5.56 Å². The minimum atomic E-state index is -1.98. The maximum atomic E-state index is 13.3. The molecule has 0 amide bonds. The number of rotatable bonds is 6. The first-order valence-corrected chi connectivity index (χ1v) is 10.9. The smallest absolute Gasteiger partial charge is 0.316 e. The molecule has 2 heterocycles. The van der Waals surface area contributed by atoms with Gasteiger partial charge in [-0.3, -0.25) is 9.35 Å². The molecule has 1 aliphatic heterocycles. The van der Waals surface area contributed by atoms with Crippen LogP contribution in [0.5, 0.6) is 5.75 Å². The Balaban J connectivity index is 1.68. The van der Waals surface area contributed by atoms with Crippen molar-refractivity contribution in [3.8, 4) is 11.4 Å². The van der Waals surface area contributed by atoms with E-state index in [1.807, 2.05) is 36.1 Å². The summed E-state index contributed by atoms with van der Waals surface area (Å²) in [6, 6.07) is 7.63. The highest BCUT2D eigenvalue weighted by Crippen LogP contribution is 2.45. The van der Waals surface area contributed by atoms with Crippen molar-refractivity contribution in [2.24, 2.45) is 5.41 Å². The summed E-state index contributed by atoms with van der Waals surface area (Å²) in [5, 5.41) is 4.40. The molecule has 4 rings (SSSR count). The van der Waals surface area contributed by atoms with E-state index >= 15 is 0 Å². The Morgan fingerprint density at radius 2 is 1.97 bits per heavy atom. The average molecular weight is 419 g/mol. The highest BCUT2D eigenvalue weighted by atomic mass is 32.2. The van der Waals surface area contributed by atoms with Crippen LogP contribution < -0.4 is 15.2 Å². The van der Waals surface area contributed by atoms with E-state index in [1.165, 1.54) is 8.99 Å². The number of aryl methyl sites for hydroxylation is 1. The van der Waals surface area contributed by atoms with Gasteiger partial charge in [-0.2, -0.15) is 14.1 Å². The molecule has 0 bridgehead atoms. The van der Waals surface area contributed by atoms with Gasteiger partial charge in [0.2, 0.25) is 17.0 Å². The quantitative estimate of drug-likeness (QED) is 0.722. The van der Waals surface area contributed by atoms with Crippen LogP contribution in [0.1, 0.15) is 25.3 Å². The van der Waals surface area contributed by atoms with Crippen molar-refractivity contribution in [2.45, 2.75) is 26.7 Å². The summed E-state index contributed by atoms with van der Waals surface area (Å²) in [5.41, 5.74) is 2.23. The number of piperazine rings is 1. The van der Waals surface area contributed by atoms with Crippen LogP contribution in [0.4, 0.5) is 5.69 Å². The molecule has 2 fully saturated rings. The minimum absolute atomic E-state index is 0.133. The molecule has 2 aliphatic rings. The first kappa shape index (κ1) is 20.1. The highest BCUT2D eigenvalue weighted by molar-refractivity contribution is 7.76. The van der Waals surface area contributed by atoms with Crippen molar-refractivity contribution < 1.29 is 13.5 Å². The molecule has 1 aromatic carbocycles. The van der Waals surface area contributed by atoms with Gasteiger partial charge in [0.05, 0.1) is 18.5 Å². The van der Waals surface area contributed by atoms with Gasteiger partial charge in [-0.25, -0.2) is 4.21 Å². The van der Waals surface area contributed by atoms with E-state index < -0.39 is 11.3 Å². The normalized spacial score (nSPS) is 19.8. The third-order valence-corrected chi connectivity index (χ3v) is 6.44. The molecule has 156 valence electrons. The third kappa shape index (κ3) is 4.36. The van der Waals surface area contributed by atoms with Gasteiger partial charge in [0.25, 0.3) is 0 Å². The van der Waals surface area contributed by atoms with Crippen LogP contribution in [0, 0.1) is 12.3 Å². The average Bonchev–Trinajstić information content (AvgIpc) is 3.44. The Bertz CT molecular complexity index is 981. The van der Waals surface area contributed by atoms with Crippen LogP contribution in [0.3, 0.4) is 0 Å². The Kier molecular flexibility index (Phi) is 5.46. The molecule has 9 heteroatoms. The van der Waals surface area contributed by atoms with Crippen LogP contribution in [0.15, 0.2) is 35.3 Å². The Morgan fingerprint density at radius 1 is 1.24 bits per heavy atom. The molecular formula is C20H26N4O4S. The molecule has 1 atom stereocenters. The molecule has 1 saturated heterocycles. The van der Waals surface area contributed by atoms with Gasteiger partial charge in [-0.05, 0) is 37.5 Å². The third-order valence-electron chi connectivity index (χ3n) is 5.63.